The molecule has 2 aliphatic rings. The maximum Gasteiger partial charge on any atom is 0.134 e. The summed E-state index contributed by atoms with van der Waals surface area (Å²) in [5, 5.41) is 9.58. The van der Waals surface area contributed by atoms with Crippen LogP contribution in [0.2, 0.25) is 0 Å². The molecule has 0 bridgehead atoms. The minimum atomic E-state index is 0.0651. The SMILES string of the molecule is OCc1cc(Br)cnc1N1CCCC2CCCCC21. The first-order chi connectivity index (χ1) is 9.29. The van der Waals surface area contributed by atoms with E-state index in [1.807, 2.05) is 12.3 Å². The van der Waals surface area contributed by atoms with E-state index in [-0.39, 0.29) is 6.61 Å². The summed E-state index contributed by atoms with van der Waals surface area (Å²) in [6.45, 7) is 1.15. The highest BCUT2D eigenvalue weighted by molar-refractivity contribution is 9.10. The lowest BCUT2D eigenvalue weighted by atomic mass is 9.78. The van der Waals surface area contributed by atoms with Crippen molar-refractivity contribution in [1.29, 1.82) is 0 Å². The normalized spacial score (nSPS) is 27.2. The fourth-order valence-corrected chi connectivity index (χ4v) is 4.12. The largest absolute Gasteiger partial charge is 0.392 e. The third kappa shape index (κ3) is 2.65. The highest BCUT2D eigenvalue weighted by atomic mass is 79.9. The van der Waals surface area contributed by atoms with Crippen LogP contribution in [-0.2, 0) is 6.61 Å². The van der Waals surface area contributed by atoms with Crippen molar-refractivity contribution in [2.75, 3.05) is 11.4 Å². The summed E-state index contributed by atoms with van der Waals surface area (Å²) >= 11 is 3.44. The lowest BCUT2D eigenvalue weighted by molar-refractivity contribution is 0.240. The molecule has 2 heterocycles. The molecule has 2 fully saturated rings. The number of hydrogen-bond donors (Lipinski definition) is 1. The van der Waals surface area contributed by atoms with E-state index in [1.54, 1.807) is 0 Å². The summed E-state index contributed by atoms with van der Waals surface area (Å²) in [5.41, 5.74) is 0.945. The molecule has 0 amide bonds. The Balaban J connectivity index is 1.91. The molecule has 0 radical (unpaired) electrons. The second-order valence-electron chi connectivity index (χ2n) is 5.74. The smallest absolute Gasteiger partial charge is 0.134 e. The number of anilines is 1. The van der Waals surface area contributed by atoms with Crippen molar-refractivity contribution >= 4 is 21.7 Å². The monoisotopic (exact) mass is 324 g/mol. The van der Waals surface area contributed by atoms with Crippen LogP contribution < -0.4 is 4.90 Å². The number of rotatable bonds is 2. The van der Waals surface area contributed by atoms with Gasteiger partial charge in [-0.3, -0.25) is 0 Å². The summed E-state index contributed by atoms with van der Waals surface area (Å²) in [7, 11) is 0. The van der Waals surface area contributed by atoms with E-state index in [2.05, 4.69) is 25.8 Å². The first-order valence-corrected chi connectivity index (χ1v) is 8.11. The van der Waals surface area contributed by atoms with Gasteiger partial charge in [0.05, 0.1) is 6.61 Å². The molecule has 1 N–H and O–H groups in total. The van der Waals surface area contributed by atoms with Crippen molar-refractivity contribution in [3.63, 3.8) is 0 Å². The van der Waals surface area contributed by atoms with E-state index >= 15 is 0 Å². The number of aliphatic hydroxyl groups excluding tert-OH is 1. The molecule has 1 aromatic rings. The van der Waals surface area contributed by atoms with Gasteiger partial charge in [0.15, 0.2) is 0 Å². The molecular formula is C15H21BrN2O. The second-order valence-corrected chi connectivity index (χ2v) is 6.66. The third-order valence-corrected chi connectivity index (χ3v) is 5.03. The first kappa shape index (κ1) is 13.4. The van der Waals surface area contributed by atoms with Gasteiger partial charge >= 0.3 is 0 Å². The Labute approximate surface area is 123 Å². The quantitative estimate of drug-likeness (QED) is 0.904. The minimum Gasteiger partial charge on any atom is -0.392 e. The number of fused-ring (bicyclic) bond motifs is 1. The van der Waals surface area contributed by atoms with Gasteiger partial charge in [0.1, 0.15) is 5.82 Å². The topological polar surface area (TPSA) is 36.4 Å². The van der Waals surface area contributed by atoms with Crippen LogP contribution in [0.5, 0.6) is 0 Å². The zero-order valence-electron chi connectivity index (χ0n) is 11.2. The van der Waals surface area contributed by atoms with Gasteiger partial charge in [-0.25, -0.2) is 4.98 Å². The number of halogens is 1. The zero-order chi connectivity index (χ0) is 13.2. The fraction of sp³-hybridized carbons (Fsp3) is 0.667. The van der Waals surface area contributed by atoms with Crippen molar-refractivity contribution < 1.29 is 5.11 Å². The van der Waals surface area contributed by atoms with Gasteiger partial charge in [-0.05, 0) is 53.6 Å². The predicted molar refractivity (Wildman–Crippen MR) is 80.2 cm³/mol. The predicted octanol–water partition coefficient (Wildman–Crippen LogP) is 3.50. The van der Waals surface area contributed by atoms with Crippen LogP contribution in [0.3, 0.4) is 0 Å². The number of aromatic nitrogens is 1. The molecule has 104 valence electrons. The van der Waals surface area contributed by atoms with E-state index in [4.69, 9.17) is 0 Å². The van der Waals surface area contributed by atoms with Crippen LogP contribution in [0.1, 0.15) is 44.1 Å². The Bertz CT molecular complexity index is 450. The van der Waals surface area contributed by atoms with Crippen LogP contribution in [0.4, 0.5) is 5.82 Å². The summed E-state index contributed by atoms with van der Waals surface area (Å²) in [6, 6.07) is 2.64. The molecule has 1 aliphatic carbocycles. The van der Waals surface area contributed by atoms with Crippen molar-refractivity contribution in [2.45, 2.75) is 51.2 Å². The van der Waals surface area contributed by atoms with Crippen LogP contribution in [0.25, 0.3) is 0 Å². The molecule has 4 heteroatoms. The van der Waals surface area contributed by atoms with Crippen LogP contribution in [0, 0.1) is 5.92 Å². The van der Waals surface area contributed by atoms with Crippen molar-refractivity contribution in [2.24, 2.45) is 5.92 Å². The average molecular weight is 325 g/mol. The highest BCUT2D eigenvalue weighted by Crippen LogP contribution is 2.38. The number of hydrogen-bond acceptors (Lipinski definition) is 3. The molecule has 1 aromatic heterocycles. The standard InChI is InChI=1S/C15H21BrN2O/c16-13-8-12(10-19)15(17-9-13)18-7-3-5-11-4-1-2-6-14(11)18/h8-9,11,14,19H,1-7,10H2. The molecule has 3 nitrogen and oxygen atoms in total. The van der Waals surface area contributed by atoms with Gasteiger partial charge in [-0.2, -0.15) is 0 Å². The molecule has 0 aromatic carbocycles. The van der Waals surface area contributed by atoms with E-state index in [9.17, 15) is 5.11 Å². The van der Waals surface area contributed by atoms with Crippen LogP contribution in [-0.4, -0.2) is 22.7 Å². The Kier molecular flexibility index (Phi) is 4.08. The first-order valence-electron chi connectivity index (χ1n) is 7.31. The average Bonchev–Trinajstić information content (AvgIpc) is 2.46. The second kappa shape index (κ2) is 5.80. The fourth-order valence-electron chi connectivity index (χ4n) is 3.74. The minimum absolute atomic E-state index is 0.0651. The number of aliphatic hydroxyl groups is 1. The van der Waals surface area contributed by atoms with Gasteiger partial charge in [-0.1, -0.05) is 12.8 Å². The van der Waals surface area contributed by atoms with Crippen molar-refractivity contribution in [3.05, 3.63) is 22.3 Å². The Hall–Kier alpha value is -0.610. The summed E-state index contributed by atoms with van der Waals surface area (Å²) in [5.74, 6) is 1.83. The molecular weight excluding hydrogens is 304 g/mol. The van der Waals surface area contributed by atoms with Crippen molar-refractivity contribution in [1.82, 2.24) is 4.98 Å². The maximum atomic E-state index is 9.58. The Morgan fingerprint density at radius 1 is 1.26 bits per heavy atom. The number of piperidine rings is 1. The molecule has 0 spiro atoms. The highest BCUT2D eigenvalue weighted by Gasteiger charge is 2.34. The summed E-state index contributed by atoms with van der Waals surface area (Å²) in [6.07, 6.45) is 9.84. The third-order valence-electron chi connectivity index (χ3n) is 4.60. The van der Waals surface area contributed by atoms with E-state index in [1.165, 1.54) is 38.5 Å². The molecule has 1 saturated carbocycles. The van der Waals surface area contributed by atoms with Gasteiger partial charge in [0.2, 0.25) is 0 Å². The van der Waals surface area contributed by atoms with Crippen LogP contribution in [0.15, 0.2) is 16.7 Å². The van der Waals surface area contributed by atoms with Crippen molar-refractivity contribution in [3.8, 4) is 0 Å². The molecule has 19 heavy (non-hydrogen) atoms. The molecule has 1 aliphatic heterocycles. The summed E-state index contributed by atoms with van der Waals surface area (Å²) < 4.78 is 0.942. The van der Waals surface area contributed by atoms with E-state index < -0.39 is 0 Å². The van der Waals surface area contributed by atoms with Gasteiger partial charge < -0.3 is 10.0 Å². The van der Waals surface area contributed by atoms with Gasteiger partial charge in [0.25, 0.3) is 0 Å². The Morgan fingerprint density at radius 2 is 2.05 bits per heavy atom. The maximum absolute atomic E-state index is 9.58. The number of nitrogens with zero attached hydrogens (tertiary/aromatic N) is 2. The van der Waals surface area contributed by atoms with E-state index in [0.717, 1.165) is 28.3 Å². The van der Waals surface area contributed by atoms with Gasteiger partial charge in [0, 0.05) is 28.8 Å². The Morgan fingerprint density at radius 3 is 2.89 bits per heavy atom. The summed E-state index contributed by atoms with van der Waals surface area (Å²) in [4.78, 5) is 7.05. The molecule has 3 rings (SSSR count). The molecule has 2 atom stereocenters. The lowest BCUT2D eigenvalue weighted by Crippen LogP contribution is -2.47. The lowest BCUT2D eigenvalue weighted by Gasteiger charge is -2.45. The molecule has 2 unspecified atom stereocenters. The zero-order valence-corrected chi connectivity index (χ0v) is 12.8. The van der Waals surface area contributed by atoms with E-state index in [0.29, 0.717) is 6.04 Å². The number of pyridine rings is 1. The molecule has 1 saturated heterocycles. The van der Waals surface area contributed by atoms with Gasteiger partial charge in [-0.15, -0.1) is 0 Å². The van der Waals surface area contributed by atoms with Crippen LogP contribution >= 0.6 is 15.9 Å².